The number of benzene rings is 2. The number of rotatable bonds is 6. The van der Waals surface area contributed by atoms with E-state index >= 15 is 0 Å². The predicted octanol–water partition coefficient (Wildman–Crippen LogP) is 4.13. The molecule has 0 bridgehead atoms. The fourth-order valence-corrected chi connectivity index (χ4v) is 3.26. The third-order valence-corrected chi connectivity index (χ3v) is 4.84. The van der Waals surface area contributed by atoms with Gasteiger partial charge in [0.05, 0.1) is 5.69 Å². The quantitative estimate of drug-likeness (QED) is 0.474. The van der Waals surface area contributed by atoms with E-state index in [1.165, 1.54) is 5.56 Å². The minimum atomic E-state index is -0.0967. The lowest BCUT2D eigenvalue weighted by atomic mass is 10.1. The van der Waals surface area contributed by atoms with Gasteiger partial charge in [0, 0.05) is 36.6 Å². The highest BCUT2D eigenvalue weighted by Gasteiger charge is 2.11. The van der Waals surface area contributed by atoms with Crippen molar-refractivity contribution < 1.29 is 4.79 Å². The van der Waals surface area contributed by atoms with Crippen LogP contribution in [0.2, 0.25) is 0 Å². The molecule has 8 heteroatoms. The average Bonchev–Trinajstić information content (AvgIpc) is 3.38. The van der Waals surface area contributed by atoms with Crippen molar-refractivity contribution in [3.63, 3.8) is 0 Å². The van der Waals surface area contributed by atoms with Gasteiger partial charge >= 0.3 is 0 Å². The molecule has 0 spiro atoms. The number of anilines is 1. The van der Waals surface area contributed by atoms with E-state index in [2.05, 4.69) is 20.6 Å². The highest BCUT2D eigenvalue weighted by atomic mass is 32.1. The summed E-state index contributed by atoms with van der Waals surface area (Å²) in [7, 11) is 0. The van der Waals surface area contributed by atoms with Gasteiger partial charge in [0.15, 0.2) is 10.6 Å². The zero-order valence-corrected chi connectivity index (χ0v) is 16.7. The van der Waals surface area contributed by atoms with E-state index in [0.29, 0.717) is 11.3 Å². The van der Waals surface area contributed by atoms with Crippen molar-refractivity contribution in [1.29, 1.82) is 0 Å². The first-order valence-electron chi connectivity index (χ1n) is 9.22. The van der Waals surface area contributed by atoms with Crippen LogP contribution in [0.1, 0.15) is 12.0 Å². The van der Waals surface area contributed by atoms with Crippen molar-refractivity contribution in [2.24, 2.45) is 0 Å². The molecule has 2 aromatic carbocycles. The Morgan fingerprint density at radius 3 is 2.76 bits per heavy atom. The molecule has 0 atom stereocenters. The molecule has 2 aromatic heterocycles. The zero-order valence-electron chi connectivity index (χ0n) is 15.9. The Balaban J connectivity index is 1.44. The molecule has 0 unspecified atom stereocenters. The molecule has 4 aromatic rings. The third kappa shape index (κ3) is 4.33. The maximum absolute atomic E-state index is 12.5. The van der Waals surface area contributed by atoms with Gasteiger partial charge in [-0.25, -0.2) is 4.68 Å². The number of H-pyrrole nitrogens is 1. The number of hydrogen-bond acceptors (Lipinski definition) is 4. The lowest BCUT2D eigenvalue weighted by molar-refractivity contribution is -0.116. The van der Waals surface area contributed by atoms with E-state index < -0.39 is 0 Å². The first-order chi connectivity index (χ1) is 14.1. The molecule has 146 valence electrons. The van der Waals surface area contributed by atoms with Crippen LogP contribution in [0.15, 0.2) is 67.0 Å². The van der Waals surface area contributed by atoms with E-state index in [1.54, 1.807) is 10.9 Å². The number of aromatic amines is 1. The van der Waals surface area contributed by atoms with Crippen LogP contribution < -0.4 is 5.32 Å². The Labute approximate surface area is 173 Å². The largest absolute Gasteiger partial charge is 0.326 e. The van der Waals surface area contributed by atoms with Crippen molar-refractivity contribution in [2.45, 2.75) is 19.9 Å². The summed E-state index contributed by atoms with van der Waals surface area (Å²) in [6.45, 7) is 2.47. The Morgan fingerprint density at radius 1 is 1.17 bits per heavy atom. The van der Waals surface area contributed by atoms with Crippen LogP contribution in [-0.2, 0) is 11.3 Å². The summed E-state index contributed by atoms with van der Waals surface area (Å²) in [6, 6.07) is 17.4. The fourth-order valence-electron chi connectivity index (χ4n) is 3.03. The second-order valence-electron chi connectivity index (χ2n) is 6.67. The van der Waals surface area contributed by atoms with Crippen molar-refractivity contribution in [3.8, 4) is 17.1 Å². The summed E-state index contributed by atoms with van der Waals surface area (Å²) < 4.78 is 4.09. The summed E-state index contributed by atoms with van der Waals surface area (Å²) >= 11 is 5.35. The summed E-state index contributed by atoms with van der Waals surface area (Å²) in [4.78, 5) is 12.5. The van der Waals surface area contributed by atoms with Crippen molar-refractivity contribution in [2.75, 3.05) is 5.32 Å². The maximum Gasteiger partial charge on any atom is 0.226 e. The van der Waals surface area contributed by atoms with E-state index in [4.69, 9.17) is 12.2 Å². The molecule has 0 aliphatic rings. The lowest BCUT2D eigenvalue weighted by Crippen LogP contribution is -2.15. The molecule has 0 saturated carbocycles. The number of amides is 1. The van der Waals surface area contributed by atoms with Crippen LogP contribution >= 0.6 is 12.2 Å². The monoisotopic (exact) mass is 404 g/mol. The Morgan fingerprint density at radius 2 is 2.00 bits per heavy atom. The van der Waals surface area contributed by atoms with Gasteiger partial charge < -0.3 is 5.32 Å². The first-order valence-corrected chi connectivity index (χ1v) is 9.63. The normalized spacial score (nSPS) is 10.8. The molecule has 2 heterocycles. The molecule has 7 nitrogen and oxygen atoms in total. The number of aromatic nitrogens is 5. The Kier molecular flexibility index (Phi) is 5.35. The molecule has 2 N–H and O–H groups in total. The van der Waals surface area contributed by atoms with E-state index in [-0.39, 0.29) is 12.3 Å². The van der Waals surface area contributed by atoms with Gasteiger partial charge in [-0.15, -0.1) is 0 Å². The number of carbonyl (C=O) groups excluding carboxylic acids is 1. The minimum absolute atomic E-state index is 0.0967. The summed E-state index contributed by atoms with van der Waals surface area (Å²) in [6.07, 6.45) is 3.85. The van der Waals surface area contributed by atoms with Gasteiger partial charge in [0.1, 0.15) is 0 Å². The van der Waals surface area contributed by atoms with Gasteiger partial charge in [-0.05, 0) is 43.4 Å². The second kappa shape index (κ2) is 8.24. The average molecular weight is 404 g/mol. The number of nitrogens with one attached hydrogen (secondary N) is 2. The van der Waals surface area contributed by atoms with Crippen LogP contribution in [0.25, 0.3) is 17.1 Å². The third-order valence-electron chi connectivity index (χ3n) is 4.53. The first kappa shape index (κ1) is 18.8. The van der Waals surface area contributed by atoms with Crippen LogP contribution in [0.5, 0.6) is 0 Å². The molecule has 0 fully saturated rings. The highest BCUT2D eigenvalue weighted by Crippen LogP contribution is 2.19. The molecule has 29 heavy (non-hydrogen) atoms. The topological polar surface area (TPSA) is 80.5 Å². The molecular formula is C21H20N6OS. The summed E-state index contributed by atoms with van der Waals surface area (Å²) in [5.41, 5.74) is 3.73. The van der Waals surface area contributed by atoms with Crippen LogP contribution in [0.3, 0.4) is 0 Å². The van der Waals surface area contributed by atoms with Crippen molar-refractivity contribution >= 4 is 23.8 Å². The molecule has 0 saturated heterocycles. The summed E-state index contributed by atoms with van der Waals surface area (Å²) in [5.74, 6) is 0.629. The smallest absolute Gasteiger partial charge is 0.226 e. The SMILES string of the molecule is Cc1ccc(-c2n[nH]c(=S)n2CCC(=O)Nc2cccc(-n3cccn3)c2)cc1. The molecule has 4 rings (SSSR count). The van der Waals surface area contributed by atoms with Gasteiger partial charge in [-0.2, -0.15) is 10.2 Å². The molecular weight excluding hydrogens is 384 g/mol. The van der Waals surface area contributed by atoms with E-state index in [1.807, 2.05) is 72.3 Å². The molecule has 0 aliphatic carbocycles. The molecule has 0 aliphatic heterocycles. The molecule has 1 amide bonds. The van der Waals surface area contributed by atoms with Crippen molar-refractivity contribution in [3.05, 3.63) is 77.3 Å². The number of nitrogens with zero attached hydrogens (tertiary/aromatic N) is 4. The van der Waals surface area contributed by atoms with Gasteiger partial charge in [0.25, 0.3) is 0 Å². The minimum Gasteiger partial charge on any atom is -0.326 e. The highest BCUT2D eigenvalue weighted by molar-refractivity contribution is 7.71. The van der Waals surface area contributed by atoms with E-state index in [0.717, 1.165) is 22.8 Å². The lowest BCUT2D eigenvalue weighted by Gasteiger charge is -2.09. The predicted molar refractivity (Wildman–Crippen MR) is 114 cm³/mol. The standard InChI is InChI=1S/C21H20N6OS/c1-15-6-8-16(9-7-15)20-24-25-21(29)26(20)13-10-19(28)23-17-4-2-5-18(14-17)27-12-3-11-22-27/h2-9,11-12,14H,10,13H2,1H3,(H,23,28)(H,25,29). The van der Waals surface area contributed by atoms with Crippen LogP contribution in [0, 0.1) is 11.7 Å². The van der Waals surface area contributed by atoms with Gasteiger partial charge in [0.2, 0.25) is 5.91 Å². The second-order valence-corrected chi connectivity index (χ2v) is 7.06. The van der Waals surface area contributed by atoms with Crippen LogP contribution in [0.4, 0.5) is 5.69 Å². The Hall–Kier alpha value is -3.52. The zero-order chi connectivity index (χ0) is 20.2. The summed E-state index contributed by atoms with van der Waals surface area (Å²) in [5, 5.41) is 14.3. The maximum atomic E-state index is 12.5. The van der Waals surface area contributed by atoms with Crippen molar-refractivity contribution in [1.82, 2.24) is 24.5 Å². The molecule has 0 radical (unpaired) electrons. The van der Waals surface area contributed by atoms with E-state index in [9.17, 15) is 4.79 Å². The fraction of sp³-hybridized carbons (Fsp3) is 0.143. The number of carbonyl (C=O) groups is 1. The van der Waals surface area contributed by atoms with Gasteiger partial charge in [-0.3, -0.25) is 14.5 Å². The Bertz CT molecular complexity index is 1170. The number of aryl methyl sites for hydroxylation is 1. The van der Waals surface area contributed by atoms with Gasteiger partial charge in [-0.1, -0.05) is 35.9 Å². The number of hydrogen-bond donors (Lipinski definition) is 2. The van der Waals surface area contributed by atoms with Crippen LogP contribution in [-0.4, -0.2) is 30.5 Å².